The molecule has 0 spiro atoms. The van der Waals surface area contributed by atoms with E-state index in [1.807, 2.05) is 12.1 Å². The van der Waals surface area contributed by atoms with Crippen LogP contribution in [0.25, 0.3) is 11.1 Å². The molecule has 2 heterocycles. The van der Waals surface area contributed by atoms with E-state index in [2.05, 4.69) is 78.6 Å². The minimum absolute atomic E-state index is 0.121. The van der Waals surface area contributed by atoms with E-state index in [0.717, 1.165) is 71.7 Å². The molecular formula is C39H43Br2N3O8. The van der Waals surface area contributed by atoms with Gasteiger partial charge in [-0.2, -0.15) is 9.97 Å². The number of pyridine rings is 2. The Labute approximate surface area is 320 Å². The predicted molar refractivity (Wildman–Crippen MR) is 202 cm³/mol. The van der Waals surface area contributed by atoms with Crippen molar-refractivity contribution in [1.82, 2.24) is 15.3 Å². The van der Waals surface area contributed by atoms with Crippen molar-refractivity contribution in [1.29, 1.82) is 0 Å². The number of benzene rings is 2. The zero-order valence-electron chi connectivity index (χ0n) is 29.2. The Morgan fingerprint density at radius 1 is 0.846 bits per heavy atom. The molecule has 4 N–H and O–H groups in total. The summed E-state index contributed by atoms with van der Waals surface area (Å²) in [4.78, 5) is 20.2. The van der Waals surface area contributed by atoms with E-state index < -0.39 is 12.1 Å². The molecule has 0 bridgehead atoms. The van der Waals surface area contributed by atoms with E-state index in [-0.39, 0.29) is 31.8 Å². The number of carboxylic acid groups (broad SMARTS) is 1. The van der Waals surface area contributed by atoms with Gasteiger partial charge >= 0.3 is 5.97 Å². The predicted octanol–water partition coefficient (Wildman–Crippen LogP) is 7.06. The second-order valence-corrected chi connectivity index (χ2v) is 14.7. The summed E-state index contributed by atoms with van der Waals surface area (Å²) in [6.07, 6.45) is 4.02. The van der Waals surface area contributed by atoms with Gasteiger partial charge in [0.25, 0.3) is 0 Å². The second kappa shape index (κ2) is 17.4. The topological polar surface area (TPSA) is 152 Å². The van der Waals surface area contributed by atoms with Crippen LogP contribution >= 0.6 is 31.9 Å². The molecular weight excluding hydrogens is 798 g/mol. The zero-order valence-corrected chi connectivity index (χ0v) is 32.3. The number of hydrogen-bond donors (Lipinski definition) is 4. The molecule has 276 valence electrons. The molecule has 2 aliphatic carbocycles. The van der Waals surface area contributed by atoms with Crippen LogP contribution in [-0.2, 0) is 30.6 Å². The third-order valence-electron chi connectivity index (χ3n) is 9.54. The zero-order chi connectivity index (χ0) is 36.8. The summed E-state index contributed by atoms with van der Waals surface area (Å²) < 4.78 is 25.7. The molecule has 52 heavy (non-hydrogen) atoms. The molecule has 0 aliphatic heterocycles. The van der Waals surface area contributed by atoms with Gasteiger partial charge in [-0.25, -0.2) is 0 Å². The van der Waals surface area contributed by atoms with Gasteiger partial charge in [0.05, 0.1) is 35.7 Å². The van der Waals surface area contributed by atoms with Crippen molar-refractivity contribution in [2.45, 2.75) is 76.2 Å². The van der Waals surface area contributed by atoms with Crippen molar-refractivity contribution in [3.63, 3.8) is 0 Å². The number of hydrogen-bond acceptors (Lipinski definition) is 10. The highest BCUT2D eigenvalue weighted by atomic mass is 79.9. The fourth-order valence-electron chi connectivity index (χ4n) is 7.14. The number of halogens is 2. The number of aliphatic hydroxyl groups is 2. The maximum absolute atomic E-state index is 10.9. The summed E-state index contributed by atoms with van der Waals surface area (Å²) in [5, 5.41) is 31.0. The normalized spacial score (nSPS) is 16.7. The highest BCUT2D eigenvalue weighted by Crippen LogP contribution is 2.46. The van der Waals surface area contributed by atoms with Crippen LogP contribution in [0.15, 0.2) is 57.5 Å². The van der Waals surface area contributed by atoms with Gasteiger partial charge in [0.2, 0.25) is 23.5 Å². The minimum Gasteiger partial charge on any atom is -0.481 e. The lowest BCUT2D eigenvalue weighted by molar-refractivity contribution is -0.139. The minimum atomic E-state index is -1.05. The van der Waals surface area contributed by atoms with E-state index in [1.165, 1.54) is 29.4 Å². The first-order chi connectivity index (χ1) is 25.2. The fourth-order valence-corrected chi connectivity index (χ4v) is 8.06. The van der Waals surface area contributed by atoms with Crippen molar-refractivity contribution in [2.75, 3.05) is 27.4 Å². The summed E-state index contributed by atoms with van der Waals surface area (Å²) in [5.41, 5.74) is 8.96. The highest BCUT2D eigenvalue weighted by Gasteiger charge is 2.32. The Bertz CT molecular complexity index is 1910. The van der Waals surface area contributed by atoms with Gasteiger partial charge in [-0.1, -0.05) is 36.4 Å². The molecule has 4 aromatic rings. The largest absolute Gasteiger partial charge is 0.481 e. The maximum Gasteiger partial charge on any atom is 0.306 e. The summed E-state index contributed by atoms with van der Waals surface area (Å²) in [7, 11) is 3.16. The van der Waals surface area contributed by atoms with Gasteiger partial charge in [-0.3, -0.25) is 4.79 Å². The molecule has 13 heteroatoms. The second-order valence-electron chi connectivity index (χ2n) is 13.0. The Hall–Kier alpha value is -3.75. The van der Waals surface area contributed by atoms with Crippen LogP contribution in [0.4, 0.5) is 0 Å². The number of ether oxygens (including phenoxy) is 4. The van der Waals surface area contributed by atoms with E-state index in [4.69, 9.17) is 29.0 Å². The van der Waals surface area contributed by atoms with Gasteiger partial charge in [0.15, 0.2) is 0 Å². The lowest BCUT2D eigenvalue weighted by atomic mass is 9.91. The van der Waals surface area contributed by atoms with E-state index in [9.17, 15) is 15.0 Å². The lowest BCUT2D eigenvalue weighted by Crippen LogP contribution is -2.28. The average Bonchev–Trinajstić information content (AvgIpc) is 3.74. The van der Waals surface area contributed by atoms with Gasteiger partial charge in [0.1, 0.15) is 12.2 Å². The van der Waals surface area contributed by atoms with E-state index >= 15 is 0 Å². The quantitative estimate of drug-likeness (QED) is 0.0810. The SMILES string of the molecule is COc1nc(O[C@H]2CCc3c(-c4cccc5c4CC[C@@H]5Oc4nc(OC)c(CNC[C@@H](O)CC(=O)O)cc4Br)cccc32)c(Br)cc1CCCCO. The van der Waals surface area contributed by atoms with Crippen molar-refractivity contribution in [2.24, 2.45) is 0 Å². The number of carbonyl (C=O) groups is 1. The number of rotatable bonds is 17. The number of nitrogens with one attached hydrogen (secondary N) is 1. The molecule has 0 amide bonds. The fraction of sp³-hybridized carbons (Fsp3) is 0.410. The van der Waals surface area contributed by atoms with Crippen molar-refractivity contribution >= 4 is 37.8 Å². The number of aliphatic hydroxyl groups excluding tert-OH is 2. The number of nitrogens with zero attached hydrogens (tertiary/aromatic N) is 2. The van der Waals surface area contributed by atoms with Crippen LogP contribution in [0.3, 0.4) is 0 Å². The number of methoxy groups -OCH3 is 2. The summed E-state index contributed by atoms with van der Waals surface area (Å²) in [5.74, 6) is 0.796. The molecule has 2 aromatic carbocycles. The Kier molecular flexibility index (Phi) is 12.7. The number of aliphatic carboxylic acids is 1. The van der Waals surface area contributed by atoms with Crippen LogP contribution in [-0.4, -0.2) is 64.7 Å². The molecule has 3 atom stereocenters. The first kappa shape index (κ1) is 38.0. The number of fused-ring (bicyclic) bond motifs is 2. The Morgan fingerprint density at radius 3 is 1.90 bits per heavy atom. The van der Waals surface area contributed by atoms with Crippen molar-refractivity contribution in [3.05, 3.63) is 90.9 Å². The third kappa shape index (κ3) is 8.55. The molecule has 2 aliphatic rings. The van der Waals surface area contributed by atoms with Crippen LogP contribution in [0.5, 0.6) is 23.5 Å². The highest BCUT2D eigenvalue weighted by molar-refractivity contribution is 9.10. The van der Waals surface area contributed by atoms with Crippen LogP contribution < -0.4 is 24.3 Å². The average molecular weight is 842 g/mol. The van der Waals surface area contributed by atoms with Crippen LogP contribution in [0.2, 0.25) is 0 Å². The molecule has 0 fully saturated rings. The number of aromatic nitrogens is 2. The number of carboxylic acids is 1. The molecule has 2 aromatic heterocycles. The molecule has 0 saturated heterocycles. The standard InChI is InChI=1S/C39H43Br2N3O8/c1-49-36-22(7-3-4-16-45)17-31(40)38(43-36)51-33-14-12-27-25(8-5-10-29(27)33)26-9-6-11-30-28(26)13-15-34(30)52-39-32(41)18-23(37(44-39)50-2)20-42-21-24(46)19-35(47)48/h5-6,8-11,17-18,24,33-34,42,45-46H,3-4,7,12-16,19-21H2,1-2H3,(H,47,48)/t24-,33-,34-/m0/s1. The van der Waals surface area contributed by atoms with Crippen molar-refractivity contribution in [3.8, 4) is 34.6 Å². The summed E-state index contributed by atoms with van der Waals surface area (Å²) in [6, 6.07) is 16.7. The molecule has 0 unspecified atom stereocenters. The maximum atomic E-state index is 10.9. The number of aryl methyl sites for hydroxylation is 1. The lowest BCUT2D eigenvalue weighted by Gasteiger charge is -2.19. The Balaban J connectivity index is 1.19. The van der Waals surface area contributed by atoms with Gasteiger partial charge < -0.3 is 39.6 Å². The first-order valence-electron chi connectivity index (χ1n) is 17.5. The van der Waals surface area contributed by atoms with Gasteiger partial charge in [-0.15, -0.1) is 0 Å². The van der Waals surface area contributed by atoms with E-state index in [1.54, 1.807) is 7.11 Å². The molecule has 0 radical (unpaired) electrons. The van der Waals surface area contributed by atoms with Crippen molar-refractivity contribution < 1.29 is 39.1 Å². The summed E-state index contributed by atoms with van der Waals surface area (Å²) >= 11 is 7.29. The molecule has 6 rings (SSSR count). The van der Waals surface area contributed by atoms with E-state index in [0.29, 0.717) is 34.5 Å². The van der Waals surface area contributed by atoms with Gasteiger partial charge in [0, 0.05) is 30.8 Å². The van der Waals surface area contributed by atoms with Gasteiger partial charge in [-0.05, 0) is 122 Å². The summed E-state index contributed by atoms with van der Waals surface area (Å²) in [6.45, 7) is 0.611. The first-order valence-corrected chi connectivity index (χ1v) is 19.0. The monoisotopic (exact) mass is 839 g/mol. The smallest absolute Gasteiger partial charge is 0.306 e. The molecule has 0 saturated carbocycles. The third-order valence-corrected chi connectivity index (χ3v) is 10.7. The van der Waals surface area contributed by atoms with Crippen LogP contribution in [0.1, 0.15) is 77.7 Å². The molecule has 11 nitrogen and oxygen atoms in total. The Morgan fingerprint density at radius 2 is 1.38 bits per heavy atom. The van der Waals surface area contributed by atoms with Crippen LogP contribution in [0, 0.1) is 0 Å². The number of unbranched alkanes of at least 4 members (excludes halogenated alkanes) is 1.